The van der Waals surface area contributed by atoms with Gasteiger partial charge in [0.25, 0.3) is 0 Å². The number of ether oxygens (including phenoxy) is 1. The highest BCUT2D eigenvalue weighted by atomic mass is 16.5. The minimum atomic E-state index is -0.651. The number of nitrogens with zero attached hydrogens (tertiary/aromatic N) is 2. The van der Waals surface area contributed by atoms with Crippen LogP contribution in [0, 0.1) is 0 Å². The largest absolute Gasteiger partial charge is 0.468 e. The van der Waals surface area contributed by atoms with Crippen LogP contribution in [0.5, 0.6) is 0 Å². The van der Waals surface area contributed by atoms with Crippen molar-refractivity contribution in [1.82, 2.24) is 14.9 Å². The van der Waals surface area contributed by atoms with Crippen LogP contribution < -0.4 is 5.32 Å². The molecule has 0 saturated carbocycles. The number of esters is 1. The zero-order valence-corrected chi connectivity index (χ0v) is 12.6. The summed E-state index contributed by atoms with van der Waals surface area (Å²) in [6.07, 6.45) is 4.43. The second kappa shape index (κ2) is 6.70. The van der Waals surface area contributed by atoms with E-state index >= 15 is 0 Å². The van der Waals surface area contributed by atoms with Gasteiger partial charge in [-0.3, -0.25) is 4.79 Å². The Bertz CT molecular complexity index is 415. The van der Waals surface area contributed by atoms with E-state index < -0.39 is 5.54 Å². The van der Waals surface area contributed by atoms with Crippen LogP contribution in [-0.4, -0.2) is 34.7 Å². The summed E-state index contributed by atoms with van der Waals surface area (Å²) < 4.78 is 6.99. The third-order valence-corrected chi connectivity index (χ3v) is 3.32. The lowest BCUT2D eigenvalue weighted by atomic mass is 9.97. The summed E-state index contributed by atoms with van der Waals surface area (Å²) in [6, 6.07) is 0. The highest BCUT2D eigenvalue weighted by Crippen LogP contribution is 2.17. The molecule has 1 aromatic heterocycles. The number of hydrogen-bond donors (Lipinski definition) is 1. The number of nitrogens with one attached hydrogen (secondary N) is 1. The first-order valence-electron chi connectivity index (χ1n) is 6.79. The van der Waals surface area contributed by atoms with Crippen LogP contribution in [0.4, 0.5) is 0 Å². The van der Waals surface area contributed by atoms with Crippen molar-refractivity contribution in [3.05, 3.63) is 18.2 Å². The molecule has 0 saturated heterocycles. The van der Waals surface area contributed by atoms with E-state index in [9.17, 15) is 4.79 Å². The van der Waals surface area contributed by atoms with Crippen molar-refractivity contribution in [2.75, 3.05) is 13.7 Å². The zero-order valence-electron chi connectivity index (χ0n) is 12.6. The van der Waals surface area contributed by atoms with E-state index in [1.54, 1.807) is 6.20 Å². The Morgan fingerprint density at radius 3 is 2.79 bits per heavy atom. The van der Waals surface area contributed by atoms with Crippen LogP contribution in [0.25, 0.3) is 0 Å². The highest BCUT2D eigenvalue weighted by molar-refractivity contribution is 5.80. The quantitative estimate of drug-likeness (QED) is 0.767. The molecule has 1 unspecified atom stereocenters. The number of imidazole rings is 1. The molecule has 1 aromatic rings. The standard InChI is InChI=1S/C14H25N3O2/c1-6-16-14(4,13(18)19-5)7-9-17-10-8-15-12(17)11(2)3/h8,10-11,16H,6-7,9H2,1-5H3. The average molecular weight is 267 g/mol. The molecule has 1 rings (SSSR count). The lowest BCUT2D eigenvalue weighted by molar-refractivity contribution is -0.148. The fraction of sp³-hybridized carbons (Fsp3) is 0.714. The summed E-state index contributed by atoms with van der Waals surface area (Å²) in [6.45, 7) is 9.57. The van der Waals surface area contributed by atoms with E-state index in [2.05, 4.69) is 28.7 Å². The van der Waals surface area contributed by atoms with Gasteiger partial charge < -0.3 is 14.6 Å². The van der Waals surface area contributed by atoms with E-state index in [4.69, 9.17) is 4.74 Å². The lowest BCUT2D eigenvalue weighted by Crippen LogP contribution is -2.50. The number of hydrogen-bond acceptors (Lipinski definition) is 4. The van der Waals surface area contributed by atoms with E-state index in [1.807, 2.05) is 20.0 Å². The van der Waals surface area contributed by atoms with Gasteiger partial charge in [0, 0.05) is 24.9 Å². The Kier molecular flexibility index (Phi) is 5.54. The van der Waals surface area contributed by atoms with E-state index in [-0.39, 0.29) is 5.97 Å². The average Bonchev–Trinajstić information content (AvgIpc) is 2.84. The molecule has 5 heteroatoms. The van der Waals surface area contributed by atoms with Crippen molar-refractivity contribution in [3.63, 3.8) is 0 Å². The Balaban J connectivity index is 2.76. The zero-order chi connectivity index (χ0) is 14.5. The van der Waals surface area contributed by atoms with Crippen LogP contribution in [0.3, 0.4) is 0 Å². The maximum Gasteiger partial charge on any atom is 0.325 e. The van der Waals surface area contributed by atoms with Gasteiger partial charge in [-0.2, -0.15) is 0 Å². The molecule has 1 N–H and O–H groups in total. The Hall–Kier alpha value is -1.36. The topological polar surface area (TPSA) is 56.2 Å². The number of aromatic nitrogens is 2. The van der Waals surface area contributed by atoms with Gasteiger partial charge in [0.1, 0.15) is 11.4 Å². The molecule has 0 radical (unpaired) electrons. The molecule has 108 valence electrons. The maximum atomic E-state index is 11.9. The predicted molar refractivity (Wildman–Crippen MR) is 75.0 cm³/mol. The summed E-state index contributed by atoms with van der Waals surface area (Å²) in [5.74, 6) is 1.20. The minimum Gasteiger partial charge on any atom is -0.468 e. The molecule has 0 aliphatic heterocycles. The number of rotatable bonds is 7. The van der Waals surface area contributed by atoms with Crippen LogP contribution in [0.2, 0.25) is 0 Å². The molecular formula is C14H25N3O2. The molecule has 0 aliphatic carbocycles. The van der Waals surface area contributed by atoms with Gasteiger partial charge in [-0.05, 0) is 19.9 Å². The van der Waals surface area contributed by atoms with Gasteiger partial charge in [-0.1, -0.05) is 20.8 Å². The Morgan fingerprint density at radius 1 is 1.58 bits per heavy atom. The summed E-state index contributed by atoms with van der Waals surface area (Å²) in [5.41, 5.74) is -0.651. The molecule has 0 amide bonds. The van der Waals surface area contributed by atoms with Crippen molar-refractivity contribution in [2.45, 2.75) is 52.1 Å². The molecule has 0 aromatic carbocycles. The van der Waals surface area contributed by atoms with Crippen molar-refractivity contribution in [2.24, 2.45) is 0 Å². The number of carbonyl (C=O) groups excluding carboxylic acids is 1. The van der Waals surface area contributed by atoms with E-state index in [0.717, 1.165) is 18.9 Å². The summed E-state index contributed by atoms with van der Waals surface area (Å²) >= 11 is 0. The lowest BCUT2D eigenvalue weighted by Gasteiger charge is -2.28. The molecule has 19 heavy (non-hydrogen) atoms. The van der Waals surface area contributed by atoms with Crippen molar-refractivity contribution in [1.29, 1.82) is 0 Å². The van der Waals surface area contributed by atoms with Crippen molar-refractivity contribution in [3.8, 4) is 0 Å². The smallest absolute Gasteiger partial charge is 0.325 e. The van der Waals surface area contributed by atoms with Crippen LogP contribution >= 0.6 is 0 Å². The molecule has 1 heterocycles. The fourth-order valence-corrected chi connectivity index (χ4v) is 2.23. The Morgan fingerprint density at radius 2 is 2.26 bits per heavy atom. The van der Waals surface area contributed by atoms with Gasteiger partial charge in [0.2, 0.25) is 0 Å². The predicted octanol–water partition coefficient (Wildman–Crippen LogP) is 1.94. The van der Waals surface area contributed by atoms with Crippen LogP contribution in [0.1, 0.15) is 45.9 Å². The van der Waals surface area contributed by atoms with Crippen molar-refractivity contribution < 1.29 is 9.53 Å². The molecule has 5 nitrogen and oxygen atoms in total. The third kappa shape index (κ3) is 3.80. The van der Waals surface area contributed by atoms with Gasteiger partial charge in [-0.25, -0.2) is 4.98 Å². The van der Waals surface area contributed by atoms with Gasteiger partial charge in [0.05, 0.1) is 7.11 Å². The monoisotopic (exact) mass is 267 g/mol. The number of aryl methyl sites for hydroxylation is 1. The second-order valence-electron chi connectivity index (χ2n) is 5.24. The normalized spacial score (nSPS) is 14.4. The van der Waals surface area contributed by atoms with E-state index in [0.29, 0.717) is 12.3 Å². The number of likely N-dealkylation sites (N-methyl/N-ethyl adjacent to an activating group) is 1. The van der Waals surface area contributed by atoms with E-state index in [1.165, 1.54) is 7.11 Å². The summed E-state index contributed by atoms with van der Waals surface area (Å²) in [5, 5.41) is 3.21. The number of carbonyl (C=O) groups is 1. The van der Waals surface area contributed by atoms with Crippen LogP contribution in [-0.2, 0) is 16.1 Å². The fourth-order valence-electron chi connectivity index (χ4n) is 2.23. The van der Waals surface area contributed by atoms with Gasteiger partial charge >= 0.3 is 5.97 Å². The molecule has 1 atom stereocenters. The Labute approximate surface area is 115 Å². The first kappa shape index (κ1) is 15.7. The minimum absolute atomic E-state index is 0.222. The van der Waals surface area contributed by atoms with Gasteiger partial charge in [-0.15, -0.1) is 0 Å². The summed E-state index contributed by atoms with van der Waals surface area (Å²) in [7, 11) is 1.43. The SMILES string of the molecule is CCNC(C)(CCn1ccnc1C(C)C)C(=O)OC. The van der Waals surface area contributed by atoms with Gasteiger partial charge in [0.15, 0.2) is 0 Å². The maximum absolute atomic E-state index is 11.9. The molecule has 0 spiro atoms. The van der Waals surface area contributed by atoms with Crippen molar-refractivity contribution >= 4 is 5.97 Å². The molecule has 0 aliphatic rings. The number of methoxy groups -OCH3 is 1. The third-order valence-electron chi connectivity index (χ3n) is 3.32. The molecule has 0 fully saturated rings. The molecule has 0 bridgehead atoms. The molecular weight excluding hydrogens is 242 g/mol. The first-order valence-corrected chi connectivity index (χ1v) is 6.79. The highest BCUT2D eigenvalue weighted by Gasteiger charge is 2.33. The first-order chi connectivity index (χ1) is 8.94. The van der Waals surface area contributed by atoms with Crippen LogP contribution in [0.15, 0.2) is 12.4 Å². The second-order valence-corrected chi connectivity index (χ2v) is 5.24. The summed E-state index contributed by atoms with van der Waals surface area (Å²) in [4.78, 5) is 16.2.